The number of pyridine rings is 1. The number of nitrogen functional groups attached to an aromatic ring is 1. The number of aliphatic hydroxyl groups excluding tert-OH is 1. The van der Waals surface area contributed by atoms with Gasteiger partial charge in [0.25, 0.3) is 0 Å². The first kappa shape index (κ1) is 17.6. The minimum Gasteiger partial charge on any atom is -0.498 e. The molecule has 0 saturated carbocycles. The Hall–Kier alpha value is -3.78. The lowest BCUT2D eigenvalue weighted by atomic mass is 10.0. The summed E-state index contributed by atoms with van der Waals surface area (Å²) in [6.07, 6.45) is 0. The van der Waals surface area contributed by atoms with Crippen LogP contribution in [0.5, 0.6) is 0 Å². The van der Waals surface area contributed by atoms with E-state index >= 15 is 0 Å². The van der Waals surface area contributed by atoms with Crippen LogP contribution in [0.15, 0.2) is 60.7 Å². The Morgan fingerprint density at radius 1 is 1.00 bits per heavy atom. The molecule has 0 saturated heterocycles. The first-order valence-electron chi connectivity index (χ1n) is 8.28. The number of nitrogens with two attached hydrogens (primary N) is 1. The van der Waals surface area contributed by atoms with Gasteiger partial charge in [-0.15, -0.1) is 0 Å². The monoisotopic (exact) mass is 390 g/mol. The highest BCUT2D eigenvalue weighted by Gasteiger charge is 2.26. The first-order chi connectivity index (χ1) is 13.5. The molecule has 0 spiro atoms. The van der Waals surface area contributed by atoms with E-state index in [1.165, 1.54) is 4.68 Å². The molecular formula is C20H14N4O3S. The molecule has 8 heteroatoms. The quantitative estimate of drug-likeness (QED) is 0.456. The number of aromatic nitrogens is 3. The molecule has 4 aromatic rings. The summed E-state index contributed by atoms with van der Waals surface area (Å²) in [6.45, 7) is 0. The van der Waals surface area contributed by atoms with Gasteiger partial charge in [0, 0.05) is 5.56 Å². The Morgan fingerprint density at radius 3 is 2.18 bits per heavy atom. The van der Waals surface area contributed by atoms with Crippen LogP contribution in [0.2, 0.25) is 0 Å². The van der Waals surface area contributed by atoms with Gasteiger partial charge in [-0.3, -0.25) is 0 Å². The second kappa shape index (κ2) is 6.75. The zero-order chi connectivity index (χ0) is 19.8. The number of fused-ring (bicyclic) bond motifs is 1. The average Bonchev–Trinajstić information content (AvgIpc) is 3.09. The molecule has 2 heterocycles. The number of hydrogen-bond donors (Lipinski definition) is 3. The van der Waals surface area contributed by atoms with Crippen molar-refractivity contribution in [3.05, 3.63) is 71.9 Å². The molecule has 28 heavy (non-hydrogen) atoms. The van der Waals surface area contributed by atoms with E-state index in [4.69, 9.17) is 18.0 Å². The fraction of sp³-hybridized carbons (Fsp3) is 0. The summed E-state index contributed by atoms with van der Waals surface area (Å²) in [5.74, 6) is -1.35. The van der Waals surface area contributed by atoms with Gasteiger partial charge in [0.1, 0.15) is 5.69 Å². The van der Waals surface area contributed by atoms with Crippen molar-refractivity contribution < 1.29 is 15.0 Å². The molecule has 4 rings (SSSR count). The van der Waals surface area contributed by atoms with Crippen molar-refractivity contribution in [3.63, 3.8) is 0 Å². The molecule has 0 bridgehead atoms. The van der Waals surface area contributed by atoms with Crippen LogP contribution in [-0.2, 0) is 0 Å². The highest BCUT2D eigenvalue weighted by Crippen LogP contribution is 2.35. The SMILES string of the molecule is Nc1c(C(O)=S)c(C(=O)O)nc2c1c(-c1ccccc1)nn2-c1ccccc1. The molecule has 4 N–H and O–H groups in total. The lowest BCUT2D eigenvalue weighted by molar-refractivity contribution is 0.0690. The topological polar surface area (TPSA) is 114 Å². The van der Waals surface area contributed by atoms with Crippen molar-refractivity contribution in [1.29, 1.82) is 0 Å². The molecule has 0 atom stereocenters. The second-order valence-electron chi connectivity index (χ2n) is 6.02. The van der Waals surface area contributed by atoms with Crippen LogP contribution in [0.1, 0.15) is 16.1 Å². The van der Waals surface area contributed by atoms with Gasteiger partial charge in [-0.2, -0.15) is 5.10 Å². The van der Waals surface area contributed by atoms with Crippen LogP contribution in [0.25, 0.3) is 28.0 Å². The average molecular weight is 390 g/mol. The summed E-state index contributed by atoms with van der Waals surface area (Å²) in [4.78, 5) is 16.0. The number of hydrogen-bond acceptors (Lipinski definition) is 5. The maximum Gasteiger partial charge on any atom is 0.355 e. The highest BCUT2D eigenvalue weighted by molar-refractivity contribution is 7.80. The predicted molar refractivity (Wildman–Crippen MR) is 110 cm³/mol. The van der Waals surface area contributed by atoms with E-state index in [9.17, 15) is 15.0 Å². The first-order valence-corrected chi connectivity index (χ1v) is 8.69. The largest absolute Gasteiger partial charge is 0.498 e. The second-order valence-corrected chi connectivity index (χ2v) is 6.41. The third-order valence-corrected chi connectivity index (χ3v) is 4.52. The third-order valence-electron chi connectivity index (χ3n) is 4.32. The van der Waals surface area contributed by atoms with Crippen molar-refractivity contribution in [2.45, 2.75) is 0 Å². The molecule has 2 aromatic carbocycles. The number of aliphatic hydroxyl groups is 1. The number of para-hydroxylation sites is 1. The van der Waals surface area contributed by atoms with E-state index in [-0.39, 0.29) is 16.9 Å². The van der Waals surface area contributed by atoms with Gasteiger partial charge in [-0.25, -0.2) is 14.5 Å². The van der Waals surface area contributed by atoms with E-state index in [0.717, 1.165) is 5.56 Å². The van der Waals surface area contributed by atoms with Crippen LogP contribution >= 0.6 is 12.2 Å². The van der Waals surface area contributed by atoms with E-state index < -0.39 is 16.7 Å². The number of nitrogens with zero attached hydrogens (tertiary/aromatic N) is 3. The number of anilines is 1. The van der Waals surface area contributed by atoms with Gasteiger partial charge in [-0.1, -0.05) is 48.5 Å². The Balaban J connectivity index is 2.17. The number of rotatable bonds is 4. The van der Waals surface area contributed by atoms with E-state index in [1.807, 2.05) is 60.7 Å². The fourth-order valence-electron chi connectivity index (χ4n) is 3.09. The van der Waals surface area contributed by atoms with Crippen molar-refractivity contribution in [2.75, 3.05) is 5.73 Å². The normalized spacial score (nSPS) is 10.9. The third kappa shape index (κ3) is 2.76. The van der Waals surface area contributed by atoms with Gasteiger partial charge < -0.3 is 15.9 Å². The van der Waals surface area contributed by atoms with Crippen molar-refractivity contribution in [1.82, 2.24) is 14.8 Å². The molecule has 7 nitrogen and oxygen atoms in total. The molecular weight excluding hydrogens is 376 g/mol. The van der Waals surface area contributed by atoms with E-state index in [0.29, 0.717) is 16.8 Å². The molecule has 2 aromatic heterocycles. The maximum atomic E-state index is 11.7. The molecule has 0 aliphatic rings. The van der Waals surface area contributed by atoms with Crippen molar-refractivity contribution >= 4 is 40.0 Å². The zero-order valence-electron chi connectivity index (χ0n) is 14.4. The molecule has 0 radical (unpaired) electrons. The summed E-state index contributed by atoms with van der Waals surface area (Å²) < 4.78 is 1.53. The summed E-state index contributed by atoms with van der Waals surface area (Å²) >= 11 is 4.82. The maximum absolute atomic E-state index is 11.7. The highest BCUT2D eigenvalue weighted by atomic mass is 32.1. The molecule has 138 valence electrons. The molecule has 0 unspecified atom stereocenters. The van der Waals surface area contributed by atoms with Crippen LogP contribution in [0, 0.1) is 0 Å². The minimum absolute atomic E-state index is 0.0240. The Labute approximate surface area is 164 Å². The van der Waals surface area contributed by atoms with E-state index in [1.54, 1.807) is 0 Å². The molecule has 0 aliphatic heterocycles. The lowest BCUT2D eigenvalue weighted by Gasteiger charge is -2.09. The summed E-state index contributed by atoms with van der Waals surface area (Å²) in [6, 6.07) is 18.5. The number of carboxylic acids is 1. The van der Waals surface area contributed by atoms with Gasteiger partial charge in [-0.05, 0) is 24.4 Å². The Bertz CT molecular complexity index is 1220. The Kier molecular flexibility index (Phi) is 4.25. The Morgan fingerprint density at radius 2 is 1.61 bits per heavy atom. The molecule has 0 fully saturated rings. The van der Waals surface area contributed by atoms with Crippen molar-refractivity contribution in [3.8, 4) is 16.9 Å². The van der Waals surface area contributed by atoms with Crippen LogP contribution in [-0.4, -0.2) is 36.0 Å². The van der Waals surface area contributed by atoms with Crippen LogP contribution in [0.3, 0.4) is 0 Å². The molecule has 0 amide bonds. The van der Waals surface area contributed by atoms with Gasteiger partial charge >= 0.3 is 5.97 Å². The molecule has 0 aliphatic carbocycles. The smallest absolute Gasteiger partial charge is 0.355 e. The standard InChI is InChI=1S/C20H14N4O3S/c21-15-13-16(11-7-3-1-4-8-11)23-24(12-9-5-2-6-10-12)18(13)22-17(19(25)26)14(15)20(27)28/h1-10H,(H2,21,22)(H,25,26)(H,27,28). The van der Waals surface area contributed by atoms with Crippen LogP contribution < -0.4 is 5.73 Å². The lowest BCUT2D eigenvalue weighted by Crippen LogP contribution is -2.14. The van der Waals surface area contributed by atoms with E-state index in [2.05, 4.69) is 10.1 Å². The predicted octanol–water partition coefficient (Wildman–Crippen LogP) is 3.60. The number of thiocarbonyl (C=S) groups is 1. The summed E-state index contributed by atoms with van der Waals surface area (Å²) in [5.41, 5.74) is 7.95. The van der Waals surface area contributed by atoms with Crippen molar-refractivity contribution in [2.24, 2.45) is 0 Å². The number of benzene rings is 2. The number of carboxylic acid groups (broad SMARTS) is 1. The summed E-state index contributed by atoms with van der Waals surface area (Å²) in [5, 5.41) is 23.9. The number of aromatic carboxylic acids is 1. The number of carbonyl (C=O) groups is 1. The summed E-state index contributed by atoms with van der Waals surface area (Å²) in [7, 11) is 0. The minimum atomic E-state index is -1.35. The fourth-order valence-corrected chi connectivity index (χ4v) is 3.30. The zero-order valence-corrected chi connectivity index (χ0v) is 15.2. The van der Waals surface area contributed by atoms with Crippen LogP contribution in [0.4, 0.5) is 5.69 Å². The van der Waals surface area contributed by atoms with Gasteiger partial charge in [0.05, 0.1) is 22.3 Å². The van der Waals surface area contributed by atoms with Gasteiger partial charge in [0.15, 0.2) is 16.4 Å². The van der Waals surface area contributed by atoms with Gasteiger partial charge in [0.2, 0.25) is 0 Å².